The number of nitrogens with one attached hydrogen (secondary N) is 1. The quantitative estimate of drug-likeness (QED) is 0.839. The van der Waals surface area contributed by atoms with Gasteiger partial charge in [-0.05, 0) is 25.0 Å². The van der Waals surface area contributed by atoms with Crippen LogP contribution in [0.3, 0.4) is 0 Å². The highest BCUT2D eigenvalue weighted by molar-refractivity contribution is 7.89. The number of benzene rings is 1. The summed E-state index contributed by atoms with van der Waals surface area (Å²) in [6.07, 6.45) is 1.53. The lowest BCUT2D eigenvalue weighted by molar-refractivity contribution is 0.282. The summed E-state index contributed by atoms with van der Waals surface area (Å²) in [6.45, 7) is 4.54. The summed E-state index contributed by atoms with van der Waals surface area (Å²) < 4.78 is 28.7. The molecule has 0 radical (unpaired) electrons. The van der Waals surface area contributed by atoms with Gasteiger partial charge in [-0.25, -0.2) is 18.1 Å². The molecule has 6 nitrogen and oxygen atoms in total. The lowest BCUT2D eigenvalue weighted by atomic mass is 10.1. The van der Waals surface area contributed by atoms with Crippen molar-refractivity contribution in [3.63, 3.8) is 0 Å². The molecule has 7 heteroatoms. The molecule has 1 aromatic heterocycles. The second-order valence-electron chi connectivity index (χ2n) is 4.71. The van der Waals surface area contributed by atoms with Gasteiger partial charge in [-0.3, -0.25) is 0 Å². The maximum atomic E-state index is 12.2. The Morgan fingerprint density at radius 1 is 1.24 bits per heavy atom. The number of aromatic nitrogens is 2. The molecular formula is C14H19N3O3S. The summed E-state index contributed by atoms with van der Waals surface area (Å²) >= 11 is 0. The fourth-order valence-electron chi connectivity index (χ4n) is 1.94. The van der Waals surface area contributed by atoms with Crippen LogP contribution >= 0.6 is 0 Å². The van der Waals surface area contributed by atoms with E-state index in [1.165, 1.54) is 6.20 Å². The number of nitrogens with zero attached hydrogens (tertiary/aromatic N) is 2. The van der Waals surface area contributed by atoms with Crippen LogP contribution in [0, 0.1) is 6.92 Å². The van der Waals surface area contributed by atoms with E-state index in [0.29, 0.717) is 12.4 Å². The van der Waals surface area contributed by atoms with Crippen LogP contribution in [0.15, 0.2) is 35.5 Å². The highest BCUT2D eigenvalue weighted by atomic mass is 32.2. The van der Waals surface area contributed by atoms with Gasteiger partial charge in [0.15, 0.2) is 5.03 Å². The van der Waals surface area contributed by atoms with Gasteiger partial charge in [-0.15, -0.1) is 0 Å². The van der Waals surface area contributed by atoms with Crippen molar-refractivity contribution in [2.24, 2.45) is 0 Å². The minimum atomic E-state index is -3.62. The van der Waals surface area contributed by atoms with Crippen LogP contribution in [-0.4, -0.2) is 23.1 Å². The van der Waals surface area contributed by atoms with Gasteiger partial charge in [0.2, 0.25) is 0 Å². The average molecular weight is 309 g/mol. The van der Waals surface area contributed by atoms with Gasteiger partial charge in [0.05, 0.1) is 6.61 Å². The minimum absolute atomic E-state index is 0.0280. The molecule has 0 unspecified atom stereocenters. The number of hydrogen-bond acceptors (Lipinski definition) is 4. The van der Waals surface area contributed by atoms with E-state index in [4.69, 9.17) is 5.11 Å². The Bertz CT molecular complexity index is 706. The number of imidazole rings is 1. The van der Waals surface area contributed by atoms with Crippen LogP contribution in [-0.2, 0) is 29.7 Å². The molecule has 0 saturated heterocycles. The molecule has 0 fully saturated rings. The number of rotatable bonds is 6. The predicted octanol–water partition coefficient (Wildman–Crippen LogP) is 1.18. The Labute approximate surface area is 124 Å². The third-order valence-electron chi connectivity index (χ3n) is 3.24. The van der Waals surface area contributed by atoms with E-state index >= 15 is 0 Å². The first kappa shape index (κ1) is 15.7. The van der Waals surface area contributed by atoms with E-state index in [1.807, 2.05) is 6.92 Å². The van der Waals surface area contributed by atoms with E-state index in [1.54, 1.807) is 35.8 Å². The monoisotopic (exact) mass is 309 g/mol. The fraction of sp³-hybridized carbons (Fsp3) is 0.357. The van der Waals surface area contributed by atoms with E-state index in [-0.39, 0.29) is 18.2 Å². The summed E-state index contributed by atoms with van der Waals surface area (Å²) in [6, 6.07) is 7.09. The molecule has 0 saturated carbocycles. The van der Waals surface area contributed by atoms with Gasteiger partial charge in [-0.1, -0.05) is 24.3 Å². The Hall–Kier alpha value is -1.70. The Balaban J connectivity index is 2.09. The SMILES string of the molecule is CCn1cc(S(=O)(=O)NCc2ccc(CO)cc2)nc1C. The van der Waals surface area contributed by atoms with Crippen LogP contribution in [0.5, 0.6) is 0 Å². The molecule has 0 aliphatic rings. The second kappa shape index (κ2) is 6.38. The molecule has 0 aliphatic heterocycles. The normalized spacial score (nSPS) is 11.8. The first-order valence-corrected chi connectivity index (χ1v) is 8.16. The number of hydrogen-bond donors (Lipinski definition) is 2. The highest BCUT2D eigenvalue weighted by Crippen LogP contribution is 2.10. The number of aliphatic hydroxyl groups excluding tert-OH is 1. The van der Waals surface area contributed by atoms with Crippen LogP contribution in [0.25, 0.3) is 0 Å². The zero-order valence-corrected chi connectivity index (χ0v) is 12.9. The van der Waals surface area contributed by atoms with Crippen molar-refractivity contribution >= 4 is 10.0 Å². The van der Waals surface area contributed by atoms with E-state index in [0.717, 1.165) is 11.1 Å². The zero-order valence-electron chi connectivity index (χ0n) is 12.1. The standard InChI is InChI=1S/C14H19N3O3S/c1-3-17-9-14(16-11(17)2)21(19,20)15-8-12-4-6-13(10-18)7-5-12/h4-7,9,15,18H,3,8,10H2,1-2H3. The van der Waals surface area contributed by atoms with Crippen molar-refractivity contribution in [3.05, 3.63) is 47.4 Å². The summed E-state index contributed by atoms with van der Waals surface area (Å²) in [5.74, 6) is 0.671. The number of aliphatic hydroxyl groups is 1. The Morgan fingerprint density at radius 3 is 2.38 bits per heavy atom. The lowest BCUT2D eigenvalue weighted by Gasteiger charge is -2.05. The van der Waals surface area contributed by atoms with E-state index in [2.05, 4.69) is 9.71 Å². The van der Waals surface area contributed by atoms with Crippen molar-refractivity contribution in [2.75, 3.05) is 0 Å². The van der Waals surface area contributed by atoms with Gasteiger partial charge in [0, 0.05) is 19.3 Å². The molecule has 21 heavy (non-hydrogen) atoms. The van der Waals surface area contributed by atoms with Gasteiger partial charge < -0.3 is 9.67 Å². The molecule has 1 heterocycles. The van der Waals surface area contributed by atoms with Crippen LogP contribution < -0.4 is 4.72 Å². The lowest BCUT2D eigenvalue weighted by Crippen LogP contribution is -2.23. The maximum Gasteiger partial charge on any atom is 0.259 e. The summed E-state index contributed by atoms with van der Waals surface area (Å²) in [7, 11) is -3.62. The molecule has 0 atom stereocenters. The average Bonchev–Trinajstić information content (AvgIpc) is 2.88. The molecule has 2 aromatic rings. The first-order valence-electron chi connectivity index (χ1n) is 6.68. The van der Waals surface area contributed by atoms with Crippen molar-refractivity contribution in [1.82, 2.24) is 14.3 Å². The third kappa shape index (κ3) is 3.69. The van der Waals surface area contributed by atoms with Gasteiger partial charge in [0.25, 0.3) is 10.0 Å². The molecule has 114 valence electrons. The molecular weight excluding hydrogens is 290 g/mol. The van der Waals surface area contributed by atoms with Crippen molar-refractivity contribution in [3.8, 4) is 0 Å². The van der Waals surface area contributed by atoms with Gasteiger partial charge in [0.1, 0.15) is 5.82 Å². The summed E-state index contributed by atoms with van der Waals surface area (Å²) in [5, 5.41) is 9.00. The largest absolute Gasteiger partial charge is 0.392 e. The van der Waals surface area contributed by atoms with Crippen LogP contribution in [0.1, 0.15) is 23.9 Å². The summed E-state index contributed by atoms with van der Waals surface area (Å²) in [4.78, 5) is 4.07. The second-order valence-corrected chi connectivity index (χ2v) is 6.43. The molecule has 0 spiro atoms. The number of sulfonamides is 1. The van der Waals surface area contributed by atoms with Crippen molar-refractivity contribution in [1.29, 1.82) is 0 Å². The van der Waals surface area contributed by atoms with Gasteiger partial charge in [-0.2, -0.15) is 0 Å². The molecule has 0 bridgehead atoms. The van der Waals surface area contributed by atoms with Crippen LogP contribution in [0.2, 0.25) is 0 Å². The molecule has 2 rings (SSSR count). The smallest absolute Gasteiger partial charge is 0.259 e. The van der Waals surface area contributed by atoms with Gasteiger partial charge >= 0.3 is 0 Å². The Morgan fingerprint density at radius 2 is 1.86 bits per heavy atom. The molecule has 0 amide bonds. The van der Waals surface area contributed by atoms with E-state index < -0.39 is 10.0 Å². The molecule has 0 aliphatic carbocycles. The zero-order chi connectivity index (χ0) is 15.5. The van der Waals surface area contributed by atoms with E-state index in [9.17, 15) is 8.42 Å². The Kier molecular flexibility index (Phi) is 4.76. The maximum absolute atomic E-state index is 12.2. The number of aryl methyl sites for hydroxylation is 2. The fourth-order valence-corrected chi connectivity index (χ4v) is 2.97. The minimum Gasteiger partial charge on any atom is -0.392 e. The molecule has 2 N–H and O–H groups in total. The van der Waals surface area contributed by atoms with Crippen molar-refractivity contribution in [2.45, 2.75) is 38.6 Å². The first-order chi connectivity index (χ1) is 9.96. The van der Waals surface area contributed by atoms with Crippen molar-refractivity contribution < 1.29 is 13.5 Å². The topological polar surface area (TPSA) is 84.2 Å². The molecule has 1 aromatic carbocycles. The highest BCUT2D eigenvalue weighted by Gasteiger charge is 2.18. The van der Waals surface area contributed by atoms with Crippen LogP contribution in [0.4, 0.5) is 0 Å². The predicted molar refractivity (Wildman–Crippen MR) is 79.0 cm³/mol. The summed E-state index contributed by atoms with van der Waals surface area (Å²) in [5.41, 5.74) is 1.61. The third-order valence-corrected chi connectivity index (χ3v) is 4.51.